The monoisotopic (exact) mass is 206 g/mol. The van der Waals surface area contributed by atoms with Crippen LogP contribution in [0.1, 0.15) is 6.42 Å². The molecule has 0 aromatic carbocycles. The highest BCUT2D eigenvalue weighted by Gasteiger charge is 2.12. The van der Waals surface area contributed by atoms with Gasteiger partial charge in [0, 0.05) is 19.6 Å². The minimum atomic E-state index is 0.589. The van der Waals surface area contributed by atoms with Gasteiger partial charge in [0.15, 0.2) is 0 Å². The van der Waals surface area contributed by atoms with Crippen LogP contribution in [0.2, 0.25) is 0 Å². The van der Waals surface area contributed by atoms with E-state index in [1.165, 1.54) is 18.7 Å². The van der Waals surface area contributed by atoms with Gasteiger partial charge in [-0.05, 0) is 32.1 Å². The van der Waals surface area contributed by atoms with Crippen LogP contribution in [-0.4, -0.2) is 43.1 Å². The highest BCUT2D eigenvalue weighted by molar-refractivity contribution is 5.48. The Morgan fingerprint density at radius 1 is 1.20 bits per heavy atom. The van der Waals surface area contributed by atoms with Crippen molar-refractivity contribution in [2.24, 2.45) is 0 Å². The molecule has 0 radical (unpaired) electrons. The van der Waals surface area contributed by atoms with E-state index in [9.17, 15) is 0 Å². The summed E-state index contributed by atoms with van der Waals surface area (Å²) in [6.45, 7) is 4.47. The molecule has 0 aliphatic carbocycles. The predicted molar refractivity (Wildman–Crippen MR) is 63.0 cm³/mol. The first kappa shape index (κ1) is 10.2. The van der Waals surface area contributed by atoms with Crippen LogP contribution in [0.4, 0.5) is 11.5 Å². The highest BCUT2D eigenvalue weighted by atomic mass is 15.2. The molecule has 4 heteroatoms. The first-order valence-electron chi connectivity index (χ1n) is 5.41. The Balaban J connectivity index is 2.06. The van der Waals surface area contributed by atoms with Gasteiger partial charge >= 0.3 is 0 Å². The largest absolute Gasteiger partial charge is 0.384 e. The van der Waals surface area contributed by atoms with E-state index in [4.69, 9.17) is 5.73 Å². The Kier molecular flexibility index (Phi) is 3.06. The number of hydrogen-bond acceptors (Lipinski definition) is 4. The molecule has 1 aromatic heterocycles. The van der Waals surface area contributed by atoms with Gasteiger partial charge in [-0.15, -0.1) is 0 Å². The third-order valence-electron chi connectivity index (χ3n) is 2.86. The SMILES string of the molecule is CN1CCCN(c2ccc(N)nc2)CC1. The van der Waals surface area contributed by atoms with Gasteiger partial charge in [0.25, 0.3) is 0 Å². The van der Waals surface area contributed by atoms with Gasteiger partial charge in [-0.3, -0.25) is 0 Å². The summed E-state index contributed by atoms with van der Waals surface area (Å²) in [5, 5.41) is 0. The lowest BCUT2D eigenvalue weighted by molar-refractivity contribution is 0.360. The van der Waals surface area contributed by atoms with Gasteiger partial charge in [0.1, 0.15) is 5.82 Å². The van der Waals surface area contributed by atoms with Gasteiger partial charge in [0.05, 0.1) is 11.9 Å². The second-order valence-electron chi connectivity index (χ2n) is 4.09. The zero-order valence-corrected chi connectivity index (χ0v) is 9.19. The van der Waals surface area contributed by atoms with Crippen LogP contribution in [0, 0.1) is 0 Å². The van der Waals surface area contributed by atoms with Crippen molar-refractivity contribution >= 4 is 11.5 Å². The number of likely N-dealkylation sites (N-methyl/N-ethyl adjacent to an activating group) is 1. The van der Waals surface area contributed by atoms with Crippen molar-refractivity contribution in [2.75, 3.05) is 43.9 Å². The van der Waals surface area contributed by atoms with Gasteiger partial charge in [-0.1, -0.05) is 0 Å². The molecule has 1 fully saturated rings. The third-order valence-corrected chi connectivity index (χ3v) is 2.86. The standard InChI is InChI=1S/C11H18N4/c1-14-5-2-6-15(8-7-14)10-3-4-11(12)13-9-10/h3-4,9H,2,5-8H2,1H3,(H2,12,13). The lowest BCUT2D eigenvalue weighted by Crippen LogP contribution is -2.28. The summed E-state index contributed by atoms with van der Waals surface area (Å²) in [4.78, 5) is 8.86. The van der Waals surface area contributed by atoms with Crippen molar-refractivity contribution in [1.29, 1.82) is 0 Å². The van der Waals surface area contributed by atoms with Crippen LogP contribution in [-0.2, 0) is 0 Å². The van der Waals surface area contributed by atoms with Crippen molar-refractivity contribution in [1.82, 2.24) is 9.88 Å². The fourth-order valence-corrected chi connectivity index (χ4v) is 1.89. The van der Waals surface area contributed by atoms with Gasteiger partial charge in [-0.2, -0.15) is 0 Å². The molecule has 0 unspecified atom stereocenters. The molecular formula is C11H18N4. The summed E-state index contributed by atoms with van der Waals surface area (Å²) in [7, 11) is 2.17. The zero-order chi connectivity index (χ0) is 10.7. The molecule has 82 valence electrons. The minimum Gasteiger partial charge on any atom is -0.384 e. The fourth-order valence-electron chi connectivity index (χ4n) is 1.89. The van der Waals surface area contributed by atoms with E-state index in [-0.39, 0.29) is 0 Å². The maximum Gasteiger partial charge on any atom is 0.123 e. The maximum absolute atomic E-state index is 5.57. The molecule has 1 aliphatic rings. The van der Waals surface area contributed by atoms with Crippen LogP contribution in [0.25, 0.3) is 0 Å². The van der Waals surface area contributed by atoms with Crippen molar-refractivity contribution in [3.63, 3.8) is 0 Å². The van der Waals surface area contributed by atoms with E-state index in [1.807, 2.05) is 18.3 Å². The predicted octanol–water partition coefficient (Wildman–Crippen LogP) is 0.806. The number of nitrogen functional groups attached to an aromatic ring is 1. The third kappa shape index (κ3) is 2.59. The van der Waals surface area contributed by atoms with E-state index < -0.39 is 0 Å². The Bertz CT molecular complexity index is 309. The van der Waals surface area contributed by atoms with E-state index >= 15 is 0 Å². The Labute approximate surface area is 90.7 Å². The lowest BCUT2D eigenvalue weighted by Gasteiger charge is -2.22. The zero-order valence-electron chi connectivity index (χ0n) is 9.19. The van der Waals surface area contributed by atoms with Crippen molar-refractivity contribution in [3.8, 4) is 0 Å². The molecule has 0 atom stereocenters. The normalized spacial score (nSPS) is 18.9. The molecule has 0 bridgehead atoms. The lowest BCUT2D eigenvalue weighted by atomic mass is 10.3. The van der Waals surface area contributed by atoms with E-state index in [1.54, 1.807) is 0 Å². The molecule has 2 heterocycles. The molecule has 0 amide bonds. The van der Waals surface area contributed by atoms with Crippen LogP contribution in [0.15, 0.2) is 18.3 Å². The molecule has 0 saturated carbocycles. The van der Waals surface area contributed by atoms with Crippen LogP contribution >= 0.6 is 0 Å². The van der Waals surface area contributed by atoms with Crippen molar-refractivity contribution in [2.45, 2.75) is 6.42 Å². The van der Waals surface area contributed by atoms with Gasteiger partial charge in [0.2, 0.25) is 0 Å². The number of hydrogen-bond donors (Lipinski definition) is 1. The smallest absolute Gasteiger partial charge is 0.123 e. The number of rotatable bonds is 1. The molecule has 15 heavy (non-hydrogen) atoms. The average molecular weight is 206 g/mol. The van der Waals surface area contributed by atoms with Crippen LogP contribution < -0.4 is 10.6 Å². The number of aromatic nitrogens is 1. The summed E-state index contributed by atoms with van der Waals surface area (Å²) in [6, 6.07) is 3.91. The topological polar surface area (TPSA) is 45.4 Å². The fraction of sp³-hybridized carbons (Fsp3) is 0.545. The van der Waals surface area contributed by atoms with Gasteiger partial charge < -0.3 is 15.5 Å². The minimum absolute atomic E-state index is 0.589. The van der Waals surface area contributed by atoms with Crippen LogP contribution in [0.3, 0.4) is 0 Å². The molecule has 1 saturated heterocycles. The quantitative estimate of drug-likeness (QED) is 0.738. The van der Waals surface area contributed by atoms with E-state index in [0.717, 1.165) is 19.6 Å². The summed E-state index contributed by atoms with van der Waals surface area (Å²) in [6.07, 6.45) is 3.07. The summed E-state index contributed by atoms with van der Waals surface area (Å²) < 4.78 is 0. The molecule has 1 aromatic rings. The molecule has 1 aliphatic heterocycles. The first-order valence-corrected chi connectivity index (χ1v) is 5.41. The first-order chi connectivity index (χ1) is 7.25. The van der Waals surface area contributed by atoms with Gasteiger partial charge in [-0.25, -0.2) is 4.98 Å². The maximum atomic E-state index is 5.57. The van der Waals surface area contributed by atoms with E-state index in [2.05, 4.69) is 21.8 Å². The molecule has 0 spiro atoms. The second-order valence-corrected chi connectivity index (χ2v) is 4.09. The number of anilines is 2. The Morgan fingerprint density at radius 2 is 2.07 bits per heavy atom. The second kappa shape index (κ2) is 4.49. The molecule has 2 N–H and O–H groups in total. The summed E-state index contributed by atoms with van der Waals surface area (Å²) >= 11 is 0. The number of nitrogens with two attached hydrogens (primary N) is 1. The number of pyridine rings is 1. The highest BCUT2D eigenvalue weighted by Crippen LogP contribution is 2.15. The average Bonchev–Trinajstić information content (AvgIpc) is 2.44. The Hall–Kier alpha value is -1.29. The van der Waals surface area contributed by atoms with Crippen molar-refractivity contribution < 1.29 is 0 Å². The van der Waals surface area contributed by atoms with E-state index in [0.29, 0.717) is 5.82 Å². The Morgan fingerprint density at radius 3 is 2.80 bits per heavy atom. The summed E-state index contributed by atoms with van der Waals surface area (Å²) in [5.41, 5.74) is 6.75. The van der Waals surface area contributed by atoms with Crippen LogP contribution in [0.5, 0.6) is 0 Å². The molecular weight excluding hydrogens is 188 g/mol. The summed E-state index contributed by atoms with van der Waals surface area (Å²) in [5.74, 6) is 0.589. The number of nitrogens with zero attached hydrogens (tertiary/aromatic N) is 3. The molecule has 2 rings (SSSR count). The van der Waals surface area contributed by atoms with Crippen molar-refractivity contribution in [3.05, 3.63) is 18.3 Å². The molecule has 4 nitrogen and oxygen atoms in total.